The van der Waals surface area contributed by atoms with E-state index < -0.39 is 0 Å². The van der Waals surface area contributed by atoms with Crippen molar-refractivity contribution in [2.75, 3.05) is 0 Å². The Morgan fingerprint density at radius 1 is 1.33 bits per heavy atom. The molecule has 0 aromatic heterocycles. The monoisotopic (exact) mass is 118 g/mol. The van der Waals surface area contributed by atoms with Crippen molar-refractivity contribution < 1.29 is 0 Å². The summed E-state index contributed by atoms with van der Waals surface area (Å²) in [4.78, 5) is 3.98. The normalized spacial score (nSPS) is 20.4. The van der Waals surface area contributed by atoms with Crippen LogP contribution in [0.3, 0.4) is 0 Å². The summed E-state index contributed by atoms with van der Waals surface area (Å²) in [6.07, 6.45) is 9.52. The maximum absolute atomic E-state index is 3.98. The van der Waals surface area contributed by atoms with Crippen LogP contribution in [0.15, 0.2) is 35.8 Å². The molecule has 0 aromatic carbocycles. The van der Waals surface area contributed by atoms with Crippen molar-refractivity contribution in [3.8, 4) is 0 Å². The summed E-state index contributed by atoms with van der Waals surface area (Å²) in [5.41, 5.74) is 2.35. The molecule has 1 N–H and O–H groups in total. The average molecular weight is 118 g/mol. The molecule has 0 unspecified atom stereocenters. The van der Waals surface area contributed by atoms with E-state index in [9.17, 15) is 0 Å². The van der Waals surface area contributed by atoms with Crippen LogP contribution < -0.4 is 10.3 Å². The first-order valence-corrected chi connectivity index (χ1v) is 2.83. The highest BCUT2D eigenvalue weighted by Gasteiger charge is 2.15. The summed E-state index contributed by atoms with van der Waals surface area (Å²) in [7, 11) is 0. The van der Waals surface area contributed by atoms with Gasteiger partial charge in [0, 0.05) is 12.4 Å². The molecule has 0 fully saturated rings. The summed E-state index contributed by atoms with van der Waals surface area (Å²) in [5.74, 6) is 0. The molecule has 0 atom stereocenters. The van der Waals surface area contributed by atoms with Crippen LogP contribution in [0.25, 0.3) is 0 Å². The third kappa shape index (κ3) is 0.598. The number of aliphatic imine (C=N–C) groups is 1. The summed E-state index contributed by atoms with van der Waals surface area (Å²) >= 11 is 0. The SMILES string of the molecule is C1=CC2=C[N+]=CC2=CN1. The highest BCUT2D eigenvalue weighted by molar-refractivity contribution is 5.88. The van der Waals surface area contributed by atoms with Gasteiger partial charge in [0.25, 0.3) is 6.21 Å². The topological polar surface area (TPSA) is 26.1 Å². The Labute approximate surface area is 53.3 Å². The zero-order valence-electron chi connectivity index (χ0n) is 4.83. The Bertz CT molecular complexity index is 244. The van der Waals surface area contributed by atoms with Crippen LogP contribution in [0.4, 0.5) is 0 Å². The number of nitrogens with zero attached hydrogens (tertiary/aromatic N) is 1. The van der Waals surface area contributed by atoms with E-state index in [0.29, 0.717) is 0 Å². The Hall–Kier alpha value is -1.31. The standard InChI is InChI=1S/C7H6N2/c1-2-8-4-7-5-9-3-6(1)7/h1-5,8H/q+1. The van der Waals surface area contributed by atoms with E-state index in [0.717, 1.165) is 5.57 Å². The van der Waals surface area contributed by atoms with E-state index in [1.165, 1.54) is 5.57 Å². The molecule has 0 aliphatic carbocycles. The van der Waals surface area contributed by atoms with Crippen LogP contribution in [0.2, 0.25) is 0 Å². The van der Waals surface area contributed by atoms with Gasteiger partial charge in [0.2, 0.25) is 6.20 Å². The molecule has 2 aliphatic rings. The molecule has 0 bridgehead atoms. The van der Waals surface area contributed by atoms with Crippen molar-refractivity contribution in [1.29, 1.82) is 0 Å². The lowest BCUT2D eigenvalue weighted by atomic mass is 10.1. The number of hydrogen-bond acceptors (Lipinski definition) is 2. The van der Waals surface area contributed by atoms with Gasteiger partial charge in [0.05, 0.1) is 16.1 Å². The quantitative estimate of drug-likeness (QED) is 0.486. The molecule has 2 heterocycles. The first-order chi connectivity index (χ1) is 4.47. The fraction of sp³-hybridized carbons (Fsp3) is 0. The van der Waals surface area contributed by atoms with E-state index in [1.807, 2.05) is 30.9 Å². The van der Waals surface area contributed by atoms with Crippen molar-refractivity contribution in [2.24, 2.45) is 0 Å². The maximum atomic E-state index is 3.98. The zero-order valence-corrected chi connectivity index (χ0v) is 4.83. The average Bonchev–Trinajstić information content (AvgIpc) is 2.33. The third-order valence-electron chi connectivity index (χ3n) is 1.36. The predicted octanol–water partition coefficient (Wildman–Crippen LogP) is 0.291. The predicted molar refractivity (Wildman–Crippen MR) is 36.6 cm³/mol. The number of nitrogens with one attached hydrogen (secondary N) is 1. The summed E-state index contributed by atoms with van der Waals surface area (Å²) < 4.78 is 0. The highest BCUT2D eigenvalue weighted by Crippen LogP contribution is 2.12. The number of hydrogen-bond donors (Lipinski definition) is 1. The van der Waals surface area contributed by atoms with Crippen molar-refractivity contribution in [1.82, 2.24) is 10.3 Å². The lowest BCUT2D eigenvalue weighted by Gasteiger charge is -1.98. The zero-order chi connectivity index (χ0) is 6.10. The van der Waals surface area contributed by atoms with Gasteiger partial charge < -0.3 is 5.32 Å². The van der Waals surface area contributed by atoms with Gasteiger partial charge in [0.1, 0.15) is 0 Å². The van der Waals surface area contributed by atoms with E-state index in [2.05, 4.69) is 10.3 Å². The Kier molecular flexibility index (Phi) is 0.803. The van der Waals surface area contributed by atoms with Gasteiger partial charge in [-0.3, -0.25) is 0 Å². The number of allylic oxidation sites excluding steroid dienone is 3. The Morgan fingerprint density at radius 3 is 3.22 bits per heavy atom. The lowest BCUT2D eigenvalue weighted by Crippen LogP contribution is -2.01. The minimum Gasteiger partial charge on any atom is -0.367 e. The van der Waals surface area contributed by atoms with Crippen LogP contribution >= 0.6 is 0 Å². The minimum atomic E-state index is 1.16. The molecular weight excluding hydrogens is 112 g/mol. The fourth-order valence-electron chi connectivity index (χ4n) is 0.883. The van der Waals surface area contributed by atoms with Crippen molar-refractivity contribution >= 4 is 6.21 Å². The highest BCUT2D eigenvalue weighted by atomic mass is 14.8. The van der Waals surface area contributed by atoms with Gasteiger partial charge in [-0.1, -0.05) is 0 Å². The van der Waals surface area contributed by atoms with Gasteiger partial charge >= 0.3 is 0 Å². The third-order valence-corrected chi connectivity index (χ3v) is 1.36. The van der Waals surface area contributed by atoms with Gasteiger partial charge in [-0.2, -0.15) is 0 Å². The number of fused-ring (bicyclic) bond motifs is 1. The van der Waals surface area contributed by atoms with E-state index >= 15 is 0 Å². The molecule has 43 valence electrons. The van der Waals surface area contributed by atoms with Crippen LogP contribution in [0, 0.1) is 0 Å². The van der Waals surface area contributed by atoms with Gasteiger partial charge in [-0.05, 0) is 6.08 Å². The van der Waals surface area contributed by atoms with E-state index in [4.69, 9.17) is 0 Å². The summed E-state index contributed by atoms with van der Waals surface area (Å²) in [6.45, 7) is 0. The van der Waals surface area contributed by atoms with Gasteiger partial charge in [0.15, 0.2) is 0 Å². The summed E-state index contributed by atoms with van der Waals surface area (Å²) in [5, 5.41) is 2.98. The molecule has 2 aliphatic heterocycles. The Balaban J connectivity index is 2.46. The second-order valence-electron chi connectivity index (χ2n) is 1.96. The first kappa shape index (κ1) is 4.56. The van der Waals surface area contributed by atoms with E-state index in [-0.39, 0.29) is 0 Å². The smallest absolute Gasteiger partial charge is 0.251 e. The largest absolute Gasteiger partial charge is 0.367 e. The fourth-order valence-corrected chi connectivity index (χ4v) is 0.883. The first-order valence-electron chi connectivity index (χ1n) is 2.83. The Morgan fingerprint density at radius 2 is 2.33 bits per heavy atom. The molecule has 2 nitrogen and oxygen atoms in total. The molecule has 0 saturated carbocycles. The van der Waals surface area contributed by atoms with Crippen molar-refractivity contribution in [3.05, 3.63) is 35.8 Å². The van der Waals surface area contributed by atoms with Crippen LogP contribution in [-0.4, -0.2) is 6.21 Å². The second kappa shape index (κ2) is 1.58. The molecule has 0 saturated heterocycles. The molecule has 0 spiro atoms. The van der Waals surface area contributed by atoms with E-state index in [1.54, 1.807) is 0 Å². The molecule has 9 heavy (non-hydrogen) atoms. The van der Waals surface area contributed by atoms with Crippen LogP contribution in [0.1, 0.15) is 0 Å². The maximum Gasteiger partial charge on any atom is 0.251 e. The van der Waals surface area contributed by atoms with Crippen LogP contribution in [0.5, 0.6) is 0 Å². The lowest BCUT2D eigenvalue weighted by molar-refractivity contribution is 1.16. The van der Waals surface area contributed by atoms with Gasteiger partial charge in [-0.25, -0.2) is 0 Å². The number of dihydropyridines is 1. The van der Waals surface area contributed by atoms with Crippen LogP contribution in [-0.2, 0) is 0 Å². The minimum absolute atomic E-state index is 1.16. The van der Waals surface area contributed by atoms with Crippen molar-refractivity contribution in [3.63, 3.8) is 0 Å². The second-order valence-corrected chi connectivity index (χ2v) is 1.96. The summed E-state index contributed by atoms with van der Waals surface area (Å²) in [6, 6.07) is 0. The molecular formula is C7H6N2+. The molecule has 2 rings (SSSR count). The van der Waals surface area contributed by atoms with Crippen molar-refractivity contribution in [2.45, 2.75) is 0 Å². The molecule has 0 aromatic rings. The molecule has 2 heteroatoms. The molecule has 0 amide bonds. The number of rotatable bonds is 0. The molecule has 1 radical (unpaired) electrons. The van der Waals surface area contributed by atoms with Gasteiger partial charge in [-0.15, -0.1) is 0 Å².